The van der Waals surface area contributed by atoms with Gasteiger partial charge in [-0.2, -0.15) is 11.1 Å². The first-order valence-corrected chi connectivity index (χ1v) is 8.50. The third kappa shape index (κ3) is 2.28. The molecule has 0 aliphatic carbocycles. The SMILES string of the molecule is C=Cc1ccc([Si](Cl)(CC)CC)cc1. The fraction of sp³-hybridized carbons (Fsp3) is 0.333. The topological polar surface area (TPSA) is 0 Å². The van der Waals surface area contributed by atoms with Gasteiger partial charge < -0.3 is 0 Å². The lowest BCUT2D eigenvalue weighted by Gasteiger charge is -2.21. The van der Waals surface area contributed by atoms with Crippen LogP contribution in [0.2, 0.25) is 12.1 Å². The largest absolute Gasteiger partial charge is 0.186 e. The van der Waals surface area contributed by atoms with E-state index in [4.69, 9.17) is 11.1 Å². The van der Waals surface area contributed by atoms with Crippen LogP contribution in [0.15, 0.2) is 30.8 Å². The van der Waals surface area contributed by atoms with E-state index in [-0.39, 0.29) is 0 Å². The third-order valence-electron chi connectivity index (χ3n) is 2.78. The van der Waals surface area contributed by atoms with Crippen LogP contribution in [-0.2, 0) is 0 Å². The molecule has 0 aliphatic rings. The summed E-state index contributed by atoms with van der Waals surface area (Å²) in [4.78, 5) is 0. The second-order valence-electron chi connectivity index (χ2n) is 3.50. The molecule has 76 valence electrons. The molecule has 0 radical (unpaired) electrons. The lowest BCUT2D eigenvalue weighted by atomic mass is 10.2. The smallest absolute Gasteiger partial charge is 0.161 e. The second kappa shape index (κ2) is 4.81. The predicted octanol–water partition coefficient (Wildman–Crippen LogP) is 3.76. The molecule has 0 atom stereocenters. The van der Waals surface area contributed by atoms with Crippen molar-refractivity contribution in [2.24, 2.45) is 0 Å². The minimum atomic E-state index is -1.67. The van der Waals surface area contributed by atoms with E-state index >= 15 is 0 Å². The van der Waals surface area contributed by atoms with Gasteiger partial charge in [-0.25, -0.2) is 0 Å². The van der Waals surface area contributed by atoms with E-state index in [1.54, 1.807) is 0 Å². The summed E-state index contributed by atoms with van der Waals surface area (Å²) in [6.45, 7) is 8.11. The molecule has 1 rings (SSSR count). The summed E-state index contributed by atoms with van der Waals surface area (Å²) in [5.41, 5.74) is 1.16. The van der Waals surface area contributed by atoms with Gasteiger partial charge in [-0.05, 0) is 22.8 Å². The van der Waals surface area contributed by atoms with Gasteiger partial charge in [0.1, 0.15) is 0 Å². The van der Waals surface area contributed by atoms with Crippen LogP contribution >= 0.6 is 11.1 Å². The highest BCUT2D eigenvalue weighted by atomic mass is 35.6. The maximum absolute atomic E-state index is 6.64. The molecule has 0 bridgehead atoms. The van der Waals surface area contributed by atoms with Crippen molar-refractivity contribution < 1.29 is 0 Å². The highest BCUT2D eigenvalue weighted by Crippen LogP contribution is 2.20. The molecule has 0 unspecified atom stereocenters. The lowest BCUT2D eigenvalue weighted by Crippen LogP contribution is -2.40. The average Bonchev–Trinajstić information content (AvgIpc) is 2.28. The van der Waals surface area contributed by atoms with Gasteiger partial charge in [-0.1, -0.05) is 50.8 Å². The van der Waals surface area contributed by atoms with Crippen molar-refractivity contribution in [1.29, 1.82) is 0 Å². The van der Waals surface area contributed by atoms with Gasteiger partial charge in [0, 0.05) is 0 Å². The molecule has 0 amide bonds. The van der Waals surface area contributed by atoms with Gasteiger partial charge in [-0.3, -0.25) is 0 Å². The molecule has 1 aromatic carbocycles. The molecule has 0 aromatic heterocycles. The first kappa shape index (κ1) is 11.5. The van der Waals surface area contributed by atoms with Crippen molar-refractivity contribution >= 4 is 29.7 Å². The first-order valence-electron chi connectivity index (χ1n) is 5.08. The first-order chi connectivity index (χ1) is 6.66. The van der Waals surface area contributed by atoms with Crippen LogP contribution in [0, 0.1) is 0 Å². The number of rotatable bonds is 4. The molecular weight excluding hydrogens is 208 g/mol. The zero-order valence-corrected chi connectivity index (χ0v) is 10.6. The van der Waals surface area contributed by atoms with E-state index < -0.39 is 7.38 Å². The zero-order valence-electron chi connectivity index (χ0n) is 8.89. The number of hydrogen-bond donors (Lipinski definition) is 0. The van der Waals surface area contributed by atoms with Crippen molar-refractivity contribution in [3.8, 4) is 0 Å². The quantitative estimate of drug-likeness (QED) is 0.540. The van der Waals surface area contributed by atoms with E-state index in [1.165, 1.54) is 5.19 Å². The van der Waals surface area contributed by atoms with Crippen LogP contribution in [0.3, 0.4) is 0 Å². The molecule has 0 saturated heterocycles. The monoisotopic (exact) mass is 224 g/mol. The van der Waals surface area contributed by atoms with E-state index in [0.29, 0.717) is 0 Å². The summed E-state index contributed by atoms with van der Waals surface area (Å²) in [6, 6.07) is 10.7. The number of benzene rings is 1. The molecule has 14 heavy (non-hydrogen) atoms. The highest BCUT2D eigenvalue weighted by Gasteiger charge is 2.28. The minimum absolute atomic E-state index is 1.10. The van der Waals surface area contributed by atoms with Gasteiger partial charge >= 0.3 is 0 Å². The van der Waals surface area contributed by atoms with Crippen molar-refractivity contribution in [2.75, 3.05) is 0 Å². The van der Waals surface area contributed by atoms with Gasteiger partial charge in [0.2, 0.25) is 0 Å². The molecule has 0 spiro atoms. The Kier molecular flexibility index (Phi) is 3.96. The Bertz CT molecular complexity index is 299. The van der Waals surface area contributed by atoms with E-state index in [1.807, 2.05) is 6.08 Å². The minimum Gasteiger partial charge on any atom is -0.161 e. The van der Waals surface area contributed by atoms with Crippen molar-refractivity contribution in [3.05, 3.63) is 36.4 Å². The highest BCUT2D eigenvalue weighted by molar-refractivity contribution is 7.27. The van der Waals surface area contributed by atoms with Gasteiger partial charge in [0.15, 0.2) is 7.38 Å². The van der Waals surface area contributed by atoms with Crippen LogP contribution in [-0.4, -0.2) is 7.38 Å². The summed E-state index contributed by atoms with van der Waals surface area (Å²) in [5.74, 6) is 0. The summed E-state index contributed by atoms with van der Waals surface area (Å²) >= 11 is 6.64. The summed E-state index contributed by atoms with van der Waals surface area (Å²) in [7, 11) is -1.67. The van der Waals surface area contributed by atoms with E-state index in [9.17, 15) is 0 Å². The van der Waals surface area contributed by atoms with E-state index in [0.717, 1.165) is 17.7 Å². The van der Waals surface area contributed by atoms with Crippen LogP contribution in [0.5, 0.6) is 0 Å². The summed E-state index contributed by atoms with van der Waals surface area (Å²) in [6.07, 6.45) is 1.86. The maximum Gasteiger partial charge on any atom is 0.186 e. The molecule has 0 N–H and O–H groups in total. The van der Waals surface area contributed by atoms with Gasteiger partial charge in [-0.15, -0.1) is 0 Å². The molecular formula is C12H17ClSi. The van der Waals surface area contributed by atoms with Crippen molar-refractivity contribution in [2.45, 2.75) is 25.9 Å². The second-order valence-corrected chi connectivity index (χ2v) is 9.59. The lowest BCUT2D eigenvalue weighted by molar-refractivity contribution is 1.31. The molecule has 0 saturated carbocycles. The van der Waals surface area contributed by atoms with Gasteiger partial charge in [0.25, 0.3) is 0 Å². The van der Waals surface area contributed by atoms with Crippen LogP contribution in [0.1, 0.15) is 19.4 Å². The van der Waals surface area contributed by atoms with E-state index in [2.05, 4.69) is 44.7 Å². The fourth-order valence-corrected chi connectivity index (χ4v) is 4.03. The Labute approximate surface area is 92.3 Å². The Balaban J connectivity index is 3.00. The Morgan fingerprint density at radius 1 is 1.21 bits per heavy atom. The Hall–Kier alpha value is -0.533. The number of hydrogen-bond acceptors (Lipinski definition) is 0. The zero-order chi connectivity index (χ0) is 10.6. The standard InChI is InChI=1S/C12H17ClSi/c1-4-11-7-9-12(10-8-11)14(13,5-2)6-3/h4,7-10H,1,5-6H2,2-3H3. The molecule has 0 nitrogen and oxygen atoms in total. The molecule has 2 heteroatoms. The Morgan fingerprint density at radius 3 is 2.07 bits per heavy atom. The average molecular weight is 225 g/mol. The summed E-state index contributed by atoms with van der Waals surface area (Å²) < 4.78 is 0. The van der Waals surface area contributed by atoms with Crippen molar-refractivity contribution in [3.63, 3.8) is 0 Å². The molecule has 0 fully saturated rings. The molecule has 0 aliphatic heterocycles. The van der Waals surface area contributed by atoms with Gasteiger partial charge in [0.05, 0.1) is 0 Å². The molecule has 1 aromatic rings. The fourth-order valence-electron chi connectivity index (χ4n) is 1.58. The van der Waals surface area contributed by atoms with Crippen LogP contribution < -0.4 is 5.19 Å². The summed E-state index contributed by atoms with van der Waals surface area (Å²) in [5, 5.41) is 1.34. The van der Waals surface area contributed by atoms with Crippen molar-refractivity contribution in [1.82, 2.24) is 0 Å². The van der Waals surface area contributed by atoms with Crippen LogP contribution in [0.4, 0.5) is 0 Å². The van der Waals surface area contributed by atoms with Crippen LogP contribution in [0.25, 0.3) is 6.08 Å². The number of halogens is 1. The molecule has 0 heterocycles. The normalized spacial score (nSPS) is 11.4. The maximum atomic E-state index is 6.64. The third-order valence-corrected chi connectivity index (χ3v) is 8.65. The Morgan fingerprint density at radius 2 is 1.71 bits per heavy atom. The predicted molar refractivity (Wildman–Crippen MR) is 68.7 cm³/mol.